The van der Waals surface area contributed by atoms with E-state index in [1.165, 1.54) is 12.1 Å². The molecule has 0 aliphatic rings. The largest absolute Gasteiger partial charge is 0.287 e. The molecule has 0 unspecified atom stereocenters. The number of hydrogen-bond acceptors (Lipinski definition) is 5. The summed E-state index contributed by atoms with van der Waals surface area (Å²) in [5.74, 6) is -1.12. The van der Waals surface area contributed by atoms with E-state index in [2.05, 4.69) is 25.8 Å². The van der Waals surface area contributed by atoms with Gasteiger partial charge in [0.2, 0.25) is 15.9 Å². The first-order valence-electron chi connectivity index (χ1n) is 10.4. The molecule has 2 aromatic carbocycles. The first-order chi connectivity index (χ1) is 15.6. The summed E-state index contributed by atoms with van der Waals surface area (Å²) in [4.78, 5) is 24.3. The van der Waals surface area contributed by atoms with Gasteiger partial charge in [-0.05, 0) is 29.2 Å². The van der Waals surface area contributed by atoms with Crippen LogP contribution in [0.5, 0.6) is 0 Å². The Kier molecular flexibility index (Phi) is 7.29. The molecule has 0 aliphatic carbocycles. The van der Waals surface area contributed by atoms with Crippen LogP contribution in [-0.4, -0.2) is 37.0 Å². The van der Waals surface area contributed by atoms with Crippen LogP contribution in [0, 0.1) is 0 Å². The highest BCUT2D eigenvalue weighted by Crippen LogP contribution is 2.23. The summed E-state index contributed by atoms with van der Waals surface area (Å²) in [7, 11) is -3.75. The van der Waals surface area contributed by atoms with Gasteiger partial charge in [-0.25, -0.2) is 13.1 Å². The third-order valence-electron chi connectivity index (χ3n) is 4.88. The van der Waals surface area contributed by atoms with Crippen LogP contribution in [0.25, 0.3) is 11.3 Å². The highest BCUT2D eigenvalue weighted by Gasteiger charge is 2.18. The van der Waals surface area contributed by atoms with Crippen molar-refractivity contribution in [3.05, 3.63) is 71.9 Å². The van der Waals surface area contributed by atoms with Crippen molar-refractivity contribution in [1.29, 1.82) is 0 Å². The molecule has 9 nitrogen and oxygen atoms in total. The van der Waals surface area contributed by atoms with Crippen molar-refractivity contribution in [2.24, 2.45) is 0 Å². The zero-order valence-electron chi connectivity index (χ0n) is 18.7. The molecular formula is C23H27N5O4S. The van der Waals surface area contributed by atoms with E-state index in [4.69, 9.17) is 0 Å². The summed E-state index contributed by atoms with van der Waals surface area (Å²) >= 11 is 0. The van der Waals surface area contributed by atoms with E-state index in [1.807, 2.05) is 51.1 Å². The quantitative estimate of drug-likeness (QED) is 0.395. The summed E-state index contributed by atoms with van der Waals surface area (Å²) in [6, 6.07) is 17.5. The molecule has 1 aromatic heterocycles. The maximum atomic E-state index is 12.4. The van der Waals surface area contributed by atoms with E-state index >= 15 is 0 Å². The van der Waals surface area contributed by atoms with Gasteiger partial charge >= 0.3 is 0 Å². The molecule has 0 saturated carbocycles. The number of amides is 2. The summed E-state index contributed by atoms with van der Waals surface area (Å²) in [5.41, 5.74) is 7.08. The number of benzene rings is 2. The van der Waals surface area contributed by atoms with Gasteiger partial charge in [-0.1, -0.05) is 63.2 Å². The minimum absolute atomic E-state index is 0.0858. The minimum Gasteiger partial charge on any atom is -0.273 e. The normalized spacial score (nSPS) is 11.7. The van der Waals surface area contributed by atoms with Crippen molar-refractivity contribution in [2.75, 3.05) is 6.54 Å². The number of hydrazine groups is 1. The fourth-order valence-electron chi connectivity index (χ4n) is 2.97. The van der Waals surface area contributed by atoms with Crippen LogP contribution in [0.1, 0.15) is 43.2 Å². The van der Waals surface area contributed by atoms with E-state index in [-0.39, 0.29) is 29.0 Å². The van der Waals surface area contributed by atoms with Crippen molar-refractivity contribution in [3.63, 3.8) is 0 Å². The second-order valence-electron chi connectivity index (χ2n) is 8.46. The second kappa shape index (κ2) is 9.97. The average molecular weight is 470 g/mol. The third-order valence-corrected chi connectivity index (χ3v) is 6.36. The molecule has 0 aliphatic heterocycles. The lowest BCUT2D eigenvalue weighted by Gasteiger charge is -2.19. The van der Waals surface area contributed by atoms with Gasteiger partial charge < -0.3 is 0 Å². The molecule has 3 aromatic rings. The lowest BCUT2D eigenvalue weighted by Crippen LogP contribution is -2.43. The molecule has 174 valence electrons. The van der Waals surface area contributed by atoms with Crippen molar-refractivity contribution in [1.82, 2.24) is 25.8 Å². The number of carbonyl (C=O) groups excluding carboxylic acids is 2. The number of hydrogen-bond donors (Lipinski definition) is 4. The molecule has 0 radical (unpaired) electrons. The summed E-state index contributed by atoms with van der Waals surface area (Å²) in [6.45, 7) is 6.01. The van der Waals surface area contributed by atoms with Gasteiger partial charge in [0.15, 0.2) is 0 Å². The molecule has 1 heterocycles. The second-order valence-corrected chi connectivity index (χ2v) is 10.2. The Labute approximate surface area is 193 Å². The van der Waals surface area contributed by atoms with Crippen LogP contribution < -0.4 is 15.6 Å². The molecule has 0 saturated heterocycles. The number of sulfonamides is 1. The van der Waals surface area contributed by atoms with Gasteiger partial charge in [0, 0.05) is 18.5 Å². The minimum atomic E-state index is -3.75. The van der Waals surface area contributed by atoms with Crippen molar-refractivity contribution in [3.8, 4) is 11.3 Å². The number of nitrogens with one attached hydrogen (secondary N) is 4. The van der Waals surface area contributed by atoms with Crippen LogP contribution in [0.15, 0.2) is 65.6 Å². The summed E-state index contributed by atoms with van der Waals surface area (Å²) in [5, 5.41) is 6.70. The van der Waals surface area contributed by atoms with Gasteiger partial charge in [0.05, 0.1) is 10.6 Å². The highest BCUT2D eigenvalue weighted by atomic mass is 32.2. The van der Waals surface area contributed by atoms with Crippen molar-refractivity contribution < 1.29 is 18.0 Å². The smallest absolute Gasteiger partial charge is 0.273 e. The Balaban J connectivity index is 1.46. The third kappa shape index (κ3) is 6.50. The molecule has 33 heavy (non-hydrogen) atoms. The number of nitrogens with zero attached hydrogens (tertiary/aromatic N) is 1. The van der Waals surface area contributed by atoms with Crippen LogP contribution >= 0.6 is 0 Å². The number of aromatic amines is 1. The average Bonchev–Trinajstić information content (AvgIpc) is 3.28. The Morgan fingerprint density at radius 3 is 2.27 bits per heavy atom. The molecule has 10 heteroatoms. The fraction of sp³-hybridized carbons (Fsp3) is 0.261. The highest BCUT2D eigenvalue weighted by molar-refractivity contribution is 7.89. The zero-order valence-corrected chi connectivity index (χ0v) is 19.5. The fourth-order valence-corrected chi connectivity index (χ4v) is 4.00. The van der Waals surface area contributed by atoms with Crippen LogP contribution in [0.3, 0.4) is 0 Å². The van der Waals surface area contributed by atoms with E-state index in [9.17, 15) is 18.0 Å². The molecule has 3 rings (SSSR count). The van der Waals surface area contributed by atoms with E-state index in [0.29, 0.717) is 5.69 Å². The van der Waals surface area contributed by atoms with Gasteiger partial charge in [0.25, 0.3) is 5.91 Å². The predicted molar refractivity (Wildman–Crippen MR) is 125 cm³/mol. The molecule has 0 fully saturated rings. The molecular weight excluding hydrogens is 442 g/mol. The van der Waals surface area contributed by atoms with Gasteiger partial charge in [-0.2, -0.15) is 5.10 Å². The van der Waals surface area contributed by atoms with Crippen molar-refractivity contribution >= 4 is 21.8 Å². The molecule has 0 bridgehead atoms. The van der Waals surface area contributed by atoms with Crippen LogP contribution in [-0.2, 0) is 20.2 Å². The van der Waals surface area contributed by atoms with Gasteiger partial charge in [-0.15, -0.1) is 0 Å². The lowest BCUT2D eigenvalue weighted by molar-refractivity contribution is -0.121. The summed E-state index contributed by atoms with van der Waals surface area (Å²) in [6.07, 6.45) is -0.155. The summed E-state index contributed by atoms with van der Waals surface area (Å²) < 4.78 is 27.2. The van der Waals surface area contributed by atoms with E-state index in [1.54, 1.807) is 18.2 Å². The van der Waals surface area contributed by atoms with Gasteiger partial charge in [-0.3, -0.25) is 25.5 Å². The number of carbonyl (C=O) groups is 2. The predicted octanol–water partition coefficient (Wildman–Crippen LogP) is 2.50. The maximum Gasteiger partial charge on any atom is 0.287 e. The van der Waals surface area contributed by atoms with Crippen LogP contribution in [0.2, 0.25) is 0 Å². The monoisotopic (exact) mass is 469 g/mol. The SMILES string of the molecule is CC(C)(C)c1ccc(S(=O)(=O)NCCC(=O)NNC(=O)c2cc(-c3ccccc3)n[nH]2)cc1. The topological polar surface area (TPSA) is 133 Å². The number of rotatable bonds is 7. The Morgan fingerprint density at radius 1 is 0.970 bits per heavy atom. The Morgan fingerprint density at radius 2 is 1.64 bits per heavy atom. The van der Waals surface area contributed by atoms with Gasteiger partial charge in [0.1, 0.15) is 5.69 Å². The zero-order chi connectivity index (χ0) is 24.1. The van der Waals surface area contributed by atoms with Crippen LogP contribution in [0.4, 0.5) is 0 Å². The first-order valence-corrected chi connectivity index (χ1v) is 11.8. The maximum absolute atomic E-state index is 12.4. The molecule has 0 spiro atoms. The number of aromatic nitrogens is 2. The molecule has 0 atom stereocenters. The standard InChI is InChI=1S/C23H27N5O4S/c1-23(2,3)17-9-11-18(12-10-17)33(31,32)24-14-13-21(29)27-28-22(30)20-15-19(25-26-20)16-7-5-4-6-8-16/h4-12,15,24H,13-14H2,1-3H3,(H,25,26)(H,27,29)(H,28,30). The van der Waals surface area contributed by atoms with E-state index < -0.39 is 21.8 Å². The first kappa shape index (κ1) is 24.1. The lowest BCUT2D eigenvalue weighted by atomic mass is 9.87. The Bertz CT molecular complexity index is 1210. The van der Waals surface area contributed by atoms with Crippen molar-refractivity contribution in [2.45, 2.75) is 37.5 Å². The molecule has 2 amide bonds. The number of H-pyrrole nitrogens is 1. The Hall–Kier alpha value is -3.50. The van der Waals surface area contributed by atoms with E-state index in [0.717, 1.165) is 11.1 Å². The molecule has 4 N–H and O–H groups in total.